The van der Waals surface area contributed by atoms with Crippen molar-refractivity contribution in [2.75, 3.05) is 40.3 Å². The van der Waals surface area contributed by atoms with Gasteiger partial charge >= 0.3 is 6.18 Å². The van der Waals surface area contributed by atoms with Gasteiger partial charge in [-0.3, -0.25) is 4.79 Å². The van der Waals surface area contributed by atoms with Gasteiger partial charge in [0.05, 0.1) is 16.6 Å². The van der Waals surface area contributed by atoms with Gasteiger partial charge in [-0.05, 0) is 94.7 Å². The standard InChI is InChI=1S/C21H23F3N2O.C12H18N2/c1-15-13-17(21(22,23)24)9-10-18(15)19(27)25-20(11-6-12-26(2)14-20)16-7-4-3-5-8-16;1-14-9-5-8-12(13,10-14)11-6-3-2-4-7-11/h3-5,7-10,13H,6,11-12,14H2,1-2H3,(H,25,27);2-4,6-7H,5,8-10,13H2,1H3. The van der Waals surface area contributed by atoms with Gasteiger partial charge in [0.15, 0.2) is 0 Å². The molecule has 3 aromatic rings. The molecule has 0 radical (unpaired) electrons. The fourth-order valence-electron chi connectivity index (χ4n) is 6.13. The van der Waals surface area contributed by atoms with Gasteiger partial charge in [0, 0.05) is 18.7 Å². The van der Waals surface area contributed by atoms with Crippen LogP contribution in [0.1, 0.15) is 58.3 Å². The Bertz CT molecular complexity index is 1300. The summed E-state index contributed by atoms with van der Waals surface area (Å²) in [6, 6.07) is 23.5. The Morgan fingerprint density at radius 2 is 1.39 bits per heavy atom. The molecule has 1 amide bonds. The third-order valence-corrected chi connectivity index (χ3v) is 8.22. The van der Waals surface area contributed by atoms with Crippen LogP contribution in [-0.2, 0) is 17.3 Å². The van der Waals surface area contributed by atoms with E-state index >= 15 is 0 Å². The summed E-state index contributed by atoms with van der Waals surface area (Å²) in [5.74, 6) is -0.347. The van der Waals surface area contributed by atoms with Crippen LogP contribution in [-0.4, -0.2) is 56.0 Å². The molecule has 3 aromatic carbocycles. The average molecular weight is 567 g/mol. The highest BCUT2D eigenvalue weighted by molar-refractivity contribution is 5.96. The number of alkyl halides is 3. The van der Waals surface area contributed by atoms with Crippen LogP contribution in [0.25, 0.3) is 0 Å². The Balaban J connectivity index is 0.000000231. The van der Waals surface area contributed by atoms with E-state index in [9.17, 15) is 18.0 Å². The lowest BCUT2D eigenvalue weighted by molar-refractivity contribution is -0.137. The van der Waals surface area contributed by atoms with E-state index in [0.29, 0.717) is 12.1 Å². The largest absolute Gasteiger partial charge is 0.416 e. The number of halogens is 3. The van der Waals surface area contributed by atoms with Crippen molar-refractivity contribution >= 4 is 5.91 Å². The number of benzene rings is 3. The number of amides is 1. The number of aryl methyl sites for hydroxylation is 1. The Morgan fingerprint density at radius 1 is 0.829 bits per heavy atom. The van der Waals surface area contributed by atoms with Crippen LogP contribution in [0.4, 0.5) is 13.2 Å². The Hall–Kier alpha value is -3.20. The molecule has 5 nitrogen and oxygen atoms in total. The normalized spacial score (nSPS) is 23.8. The van der Waals surface area contributed by atoms with Crippen LogP contribution >= 0.6 is 0 Å². The third-order valence-electron chi connectivity index (χ3n) is 8.22. The van der Waals surface area contributed by atoms with Crippen LogP contribution in [0.3, 0.4) is 0 Å². The molecular weight excluding hydrogens is 525 g/mol. The summed E-state index contributed by atoms with van der Waals surface area (Å²) in [7, 11) is 4.15. The summed E-state index contributed by atoms with van der Waals surface area (Å²) in [5, 5.41) is 3.13. The monoisotopic (exact) mass is 566 g/mol. The van der Waals surface area contributed by atoms with E-state index in [1.165, 1.54) is 31.5 Å². The number of likely N-dealkylation sites (tertiary alicyclic amines) is 2. The number of hydrogen-bond donors (Lipinski definition) is 2. The fourth-order valence-corrected chi connectivity index (χ4v) is 6.13. The van der Waals surface area contributed by atoms with Crippen LogP contribution in [0.5, 0.6) is 0 Å². The summed E-state index contributed by atoms with van der Waals surface area (Å²) in [5.41, 5.74) is 7.86. The van der Waals surface area contributed by atoms with Gasteiger partial charge < -0.3 is 20.9 Å². The van der Waals surface area contributed by atoms with Crippen molar-refractivity contribution < 1.29 is 18.0 Å². The van der Waals surface area contributed by atoms with Gasteiger partial charge in [-0.25, -0.2) is 0 Å². The highest BCUT2D eigenvalue weighted by atomic mass is 19.4. The molecule has 2 unspecified atom stereocenters. The van der Waals surface area contributed by atoms with E-state index in [-0.39, 0.29) is 17.0 Å². The second kappa shape index (κ2) is 12.8. The Kier molecular flexibility index (Phi) is 9.57. The molecule has 2 aliphatic rings. The molecule has 41 heavy (non-hydrogen) atoms. The second-order valence-corrected chi connectivity index (χ2v) is 11.6. The van der Waals surface area contributed by atoms with Gasteiger partial charge in [-0.1, -0.05) is 60.7 Å². The van der Waals surface area contributed by atoms with Crippen molar-refractivity contribution in [3.8, 4) is 0 Å². The van der Waals surface area contributed by atoms with Gasteiger partial charge in [-0.2, -0.15) is 13.2 Å². The molecule has 2 aliphatic heterocycles. The molecule has 8 heteroatoms. The first-order valence-electron chi connectivity index (χ1n) is 14.2. The van der Waals surface area contributed by atoms with Crippen molar-refractivity contribution in [2.24, 2.45) is 5.73 Å². The van der Waals surface area contributed by atoms with Crippen LogP contribution in [0.15, 0.2) is 78.9 Å². The molecule has 2 atom stereocenters. The van der Waals surface area contributed by atoms with E-state index in [4.69, 9.17) is 5.73 Å². The van der Waals surface area contributed by atoms with E-state index in [0.717, 1.165) is 50.0 Å². The molecule has 220 valence electrons. The summed E-state index contributed by atoms with van der Waals surface area (Å²) in [6.07, 6.45) is -0.412. The first-order chi connectivity index (χ1) is 19.4. The summed E-state index contributed by atoms with van der Waals surface area (Å²) in [4.78, 5) is 17.4. The molecule has 3 N–H and O–H groups in total. The predicted molar refractivity (Wildman–Crippen MR) is 158 cm³/mol. The maximum Gasteiger partial charge on any atom is 0.416 e. The molecule has 0 saturated carbocycles. The quantitative estimate of drug-likeness (QED) is 0.411. The van der Waals surface area contributed by atoms with Gasteiger partial charge in [0.1, 0.15) is 0 Å². The van der Waals surface area contributed by atoms with Crippen molar-refractivity contribution in [3.63, 3.8) is 0 Å². The lowest BCUT2D eigenvalue weighted by Crippen LogP contribution is -2.55. The summed E-state index contributed by atoms with van der Waals surface area (Å²) in [6.45, 7) is 5.28. The minimum absolute atomic E-state index is 0.131. The minimum atomic E-state index is -4.42. The lowest BCUT2D eigenvalue weighted by Gasteiger charge is -2.42. The number of nitrogens with zero attached hydrogens (tertiary/aromatic N) is 2. The number of nitrogens with two attached hydrogens (primary N) is 1. The summed E-state index contributed by atoms with van der Waals surface area (Å²) >= 11 is 0. The highest BCUT2D eigenvalue weighted by Crippen LogP contribution is 2.33. The molecule has 2 heterocycles. The number of piperidine rings is 2. The Labute approximate surface area is 241 Å². The van der Waals surface area contributed by atoms with Crippen molar-refractivity contribution in [1.29, 1.82) is 0 Å². The zero-order valence-electron chi connectivity index (χ0n) is 24.2. The van der Waals surface area contributed by atoms with E-state index in [1.807, 2.05) is 43.4 Å². The van der Waals surface area contributed by atoms with Crippen molar-refractivity contribution in [1.82, 2.24) is 15.1 Å². The van der Waals surface area contributed by atoms with E-state index in [1.54, 1.807) is 0 Å². The smallest absolute Gasteiger partial charge is 0.341 e. The molecule has 0 bridgehead atoms. The van der Waals surface area contributed by atoms with Crippen LogP contribution in [0, 0.1) is 6.92 Å². The molecule has 0 aromatic heterocycles. The lowest BCUT2D eigenvalue weighted by atomic mass is 9.82. The van der Waals surface area contributed by atoms with Crippen molar-refractivity contribution in [2.45, 2.75) is 49.9 Å². The van der Waals surface area contributed by atoms with E-state index < -0.39 is 17.3 Å². The zero-order chi connectivity index (χ0) is 29.7. The predicted octanol–water partition coefficient (Wildman–Crippen LogP) is 5.93. The van der Waals surface area contributed by atoms with Crippen molar-refractivity contribution in [3.05, 3.63) is 107 Å². The van der Waals surface area contributed by atoms with Gasteiger partial charge in [-0.15, -0.1) is 0 Å². The first-order valence-corrected chi connectivity index (χ1v) is 14.2. The van der Waals surface area contributed by atoms with Crippen LogP contribution < -0.4 is 11.1 Å². The highest BCUT2D eigenvalue weighted by Gasteiger charge is 2.38. The molecule has 5 rings (SSSR count). The van der Waals surface area contributed by atoms with E-state index in [2.05, 4.69) is 46.4 Å². The number of rotatable bonds is 4. The molecule has 0 aliphatic carbocycles. The minimum Gasteiger partial charge on any atom is -0.341 e. The number of carbonyl (C=O) groups excluding carboxylic acids is 1. The number of likely N-dealkylation sites (N-methyl/N-ethyl adjacent to an activating group) is 2. The second-order valence-electron chi connectivity index (χ2n) is 11.6. The Morgan fingerprint density at radius 3 is 1.93 bits per heavy atom. The van der Waals surface area contributed by atoms with Crippen LogP contribution in [0.2, 0.25) is 0 Å². The molecular formula is C33H41F3N4O. The fraction of sp³-hybridized carbons (Fsp3) is 0.424. The first kappa shape index (κ1) is 30.8. The SMILES string of the molecule is CN1CCCC(N)(c2ccccc2)C1.Cc1cc(C(F)(F)F)ccc1C(=O)NC1(c2ccccc2)CCCN(C)C1. The zero-order valence-corrected chi connectivity index (χ0v) is 24.2. The summed E-state index contributed by atoms with van der Waals surface area (Å²) < 4.78 is 38.7. The molecule has 0 spiro atoms. The number of nitrogens with one attached hydrogen (secondary N) is 1. The maximum atomic E-state index is 13.0. The molecule has 2 saturated heterocycles. The third kappa shape index (κ3) is 7.56. The molecule has 2 fully saturated rings. The number of hydrogen-bond acceptors (Lipinski definition) is 4. The van der Waals surface area contributed by atoms with Gasteiger partial charge in [0.2, 0.25) is 0 Å². The average Bonchev–Trinajstić information content (AvgIpc) is 2.94. The van der Waals surface area contributed by atoms with Gasteiger partial charge in [0.25, 0.3) is 5.91 Å². The number of carbonyl (C=O) groups is 1. The maximum absolute atomic E-state index is 13.0. The topological polar surface area (TPSA) is 61.6 Å².